The van der Waals surface area contributed by atoms with Crippen LogP contribution in [0.5, 0.6) is 0 Å². The Labute approximate surface area is 81.2 Å². The van der Waals surface area contributed by atoms with E-state index in [1.807, 2.05) is 0 Å². The van der Waals surface area contributed by atoms with E-state index in [4.69, 9.17) is 11.6 Å². The van der Waals surface area contributed by atoms with Gasteiger partial charge < -0.3 is 0 Å². The number of benzene rings is 1. The molecule has 0 spiro atoms. The fourth-order valence-corrected chi connectivity index (χ4v) is 1.13. The van der Waals surface area contributed by atoms with E-state index in [2.05, 4.69) is 0 Å². The van der Waals surface area contributed by atoms with Crippen LogP contribution in [0, 0.1) is 26.0 Å². The molecular formula is C6H2ClFN2O4. The first-order valence-corrected chi connectivity index (χ1v) is 3.59. The van der Waals surface area contributed by atoms with E-state index in [1.54, 1.807) is 0 Å². The molecule has 0 radical (unpaired) electrons. The maximum atomic E-state index is 12.8. The van der Waals surface area contributed by atoms with Crippen molar-refractivity contribution in [3.8, 4) is 0 Å². The minimum absolute atomic E-state index is 0.627. The summed E-state index contributed by atoms with van der Waals surface area (Å²) in [6.07, 6.45) is 0. The SMILES string of the molecule is O=[N+]([O-])c1ccc(F)c([N+](=O)[O-])c1Cl. The molecule has 74 valence electrons. The maximum Gasteiger partial charge on any atom is 0.330 e. The second-order valence-electron chi connectivity index (χ2n) is 2.24. The zero-order valence-electron chi connectivity index (χ0n) is 6.44. The average Bonchev–Trinajstić information content (AvgIpc) is 2.02. The number of halogens is 2. The third-order valence-corrected chi connectivity index (χ3v) is 1.80. The largest absolute Gasteiger partial charge is 0.330 e. The monoisotopic (exact) mass is 220 g/mol. The van der Waals surface area contributed by atoms with Crippen molar-refractivity contribution in [1.29, 1.82) is 0 Å². The Morgan fingerprint density at radius 2 is 1.79 bits per heavy atom. The van der Waals surface area contributed by atoms with E-state index < -0.39 is 32.1 Å². The molecule has 6 nitrogen and oxygen atoms in total. The minimum Gasteiger partial charge on any atom is -0.258 e. The van der Waals surface area contributed by atoms with Crippen LogP contribution < -0.4 is 0 Å². The first-order valence-electron chi connectivity index (χ1n) is 3.22. The van der Waals surface area contributed by atoms with Crippen molar-refractivity contribution in [1.82, 2.24) is 0 Å². The summed E-state index contributed by atoms with van der Waals surface area (Å²) in [5.74, 6) is -1.20. The molecule has 0 aliphatic heterocycles. The molecule has 0 atom stereocenters. The normalized spacial score (nSPS) is 9.86. The molecule has 1 aromatic rings. The smallest absolute Gasteiger partial charge is 0.258 e. The van der Waals surface area contributed by atoms with Gasteiger partial charge in [0.25, 0.3) is 5.69 Å². The summed E-state index contributed by atoms with van der Waals surface area (Å²) in [6.45, 7) is 0. The van der Waals surface area contributed by atoms with Gasteiger partial charge in [0.1, 0.15) is 0 Å². The second kappa shape index (κ2) is 3.54. The van der Waals surface area contributed by atoms with Crippen LogP contribution in [-0.2, 0) is 0 Å². The number of nitro benzene ring substituents is 2. The molecule has 0 aliphatic rings. The van der Waals surface area contributed by atoms with Crippen LogP contribution >= 0.6 is 11.6 Å². The van der Waals surface area contributed by atoms with Crippen LogP contribution in [0.4, 0.5) is 15.8 Å². The highest BCUT2D eigenvalue weighted by Gasteiger charge is 2.27. The third-order valence-electron chi connectivity index (χ3n) is 1.43. The minimum atomic E-state index is -1.20. The van der Waals surface area contributed by atoms with Gasteiger partial charge in [-0.25, -0.2) is 0 Å². The van der Waals surface area contributed by atoms with E-state index in [0.29, 0.717) is 6.07 Å². The summed E-state index contributed by atoms with van der Waals surface area (Å²) in [6, 6.07) is 1.40. The van der Waals surface area contributed by atoms with Gasteiger partial charge in [0.05, 0.1) is 9.85 Å². The molecule has 0 bridgehead atoms. The van der Waals surface area contributed by atoms with E-state index in [9.17, 15) is 24.6 Å². The summed E-state index contributed by atoms with van der Waals surface area (Å²) < 4.78 is 12.8. The Morgan fingerprint density at radius 1 is 1.21 bits per heavy atom. The molecule has 14 heavy (non-hydrogen) atoms. The zero-order valence-corrected chi connectivity index (χ0v) is 7.19. The fraction of sp³-hybridized carbons (Fsp3) is 0. The average molecular weight is 221 g/mol. The summed E-state index contributed by atoms with van der Waals surface area (Å²) in [5, 5.41) is 19.8. The Hall–Kier alpha value is -1.76. The van der Waals surface area contributed by atoms with E-state index >= 15 is 0 Å². The zero-order chi connectivity index (χ0) is 10.9. The lowest BCUT2D eigenvalue weighted by Gasteiger charge is -1.97. The lowest BCUT2D eigenvalue weighted by molar-refractivity contribution is -0.395. The van der Waals surface area contributed by atoms with Crippen LogP contribution in [0.3, 0.4) is 0 Å². The molecule has 0 N–H and O–H groups in total. The van der Waals surface area contributed by atoms with E-state index in [1.165, 1.54) is 0 Å². The van der Waals surface area contributed by atoms with Gasteiger partial charge in [0, 0.05) is 6.07 Å². The summed E-state index contributed by atoms with van der Waals surface area (Å²) >= 11 is 5.28. The van der Waals surface area contributed by atoms with Gasteiger partial charge in [-0.05, 0) is 6.07 Å². The Kier molecular flexibility index (Phi) is 2.61. The standard InChI is InChI=1S/C6H2ClFN2O4/c7-5-4(9(11)12)2-1-3(8)6(5)10(13)14/h1-2H. The van der Waals surface area contributed by atoms with Crippen LogP contribution in [0.15, 0.2) is 12.1 Å². The highest BCUT2D eigenvalue weighted by molar-refractivity contribution is 6.34. The molecule has 0 amide bonds. The fourth-order valence-electron chi connectivity index (χ4n) is 0.839. The van der Waals surface area contributed by atoms with Crippen LogP contribution in [-0.4, -0.2) is 9.85 Å². The summed E-state index contributed by atoms with van der Waals surface area (Å²) in [7, 11) is 0. The van der Waals surface area contributed by atoms with E-state index in [-0.39, 0.29) is 0 Å². The molecule has 0 unspecified atom stereocenters. The topological polar surface area (TPSA) is 86.3 Å². The van der Waals surface area contributed by atoms with E-state index in [0.717, 1.165) is 6.07 Å². The molecule has 0 aromatic heterocycles. The lowest BCUT2D eigenvalue weighted by atomic mass is 10.2. The maximum absolute atomic E-state index is 12.8. The van der Waals surface area contributed by atoms with Gasteiger partial charge in [-0.2, -0.15) is 4.39 Å². The predicted octanol–water partition coefficient (Wildman–Crippen LogP) is 2.30. The van der Waals surface area contributed by atoms with Crippen LogP contribution in [0.25, 0.3) is 0 Å². The molecule has 0 saturated carbocycles. The number of hydrogen-bond donors (Lipinski definition) is 0. The van der Waals surface area contributed by atoms with Gasteiger partial charge in [0.15, 0.2) is 5.02 Å². The molecule has 1 rings (SSSR count). The highest BCUT2D eigenvalue weighted by Crippen LogP contribution is 2.35. The van der Waals surface area contributed by atoms with Gasteiger partial charge in [-0.1, -0.05) is 11.6 Å². The summed E-state index contributed by atoms with van der Waals surface area (Å²) in [4.78, 5) is 18.5. The molecule has 0 fully saturated rings. The van der Waals surface area contributed by atoms with Gasteiger partial charge in [-0.15, -0.1) is 0 Å². The molecule has 0 aliphatic carbocycles. The van der Waals surface area contributed by atoms with Crippen molar-refractivity contribution in [2.75, 3.05) is 0 Å². The quantitative estimate of drug-likeness (QED) is 0.565. The molecule has 0 saturated heterocycles. The first-order chi connectivity index (χ1) is 6.45. The first kappa shape index (κ1) is 10.3. The lowest BCUT2D eigenvalue weighted by Crippen LogP contribution is -1.97. The number of nitro groups is 2. The van der Waals surface area contributed by atoms with Crippen molar-refractivity contribution < 1.29 is 14.2 Å². The summed E-state index contributed by atoms with van der Waals surface area (Å²) in [5.41, 5.74) is -1.78. The Morgan fingerprint density at radius 3 is 2.21 bits per heavy atom. The van der Waals surface area contributed by atoms with Gasteiger partial charge >= 0.3 is 5.69 Å². The van der Waals surface area contributed by atoms with Gasteiger partial charge in [-0.3, -0.25) is 20.2 Å². The van der Waals surface area contributed by atoms with Gasteiger partial charge in [0.2, 0.25) is 5.82 Å². The number of rotatable bonds is 2. The molecule has 8 heteroatoms. The van der Waals surface area contributed by atoms with Crippen molar-refractivity contribution in [3.63, 3.8) is 0 Å². The number of nitrogens with zero attached hydrogens (tertiary/aromatic N) is 2. The second-order valence-corrected chi connectivity index (χ2v) is 2.62. The Balaban J connectivity index is 3.49. The third kappa shape index (κ3) is 1.62. The van der Waals surface area contributed by atoms with Crippen molar-refractivity contribution in [2.24, 2.45) is 0 Å². The van der Waals surface area contributed by atoms with Crippen molar-refractivity contribution in [3.05, 3.63) is 43.2 Å². The highest BCUT2D eigenvalue weighted by atomic mass is 35.5. The molecule has 1 aromatic carbocycles. The molecular weight excluding hydrogens is 219 g/mol. The molecule has 0 heterocycles. The number of hydrogen-bond acceptors (Lipinski definition) is 4. The van der Waals surface area contributed by atoms with Crippen LogP contribution in [0.2, 0.25) is 5.02 Å². The predicted molar refractivity (Wildman–Crippen MR) is 44.7 cm³/mol. The van der Waals surface area contributed by atoms with Crippen molar-refractivity contribution >= 4 is 23.0 Å². The Bertz CT molecular complexity index is 423. The van der Waals surface area contributed by atoms with Crippen LogP contribution in [0.1, 0.15) is 0 Å². The van der Waals surface area contributed by atoms with Crippen molar-refractivity contribution in [2.45, 2.75) is 0 Å².